The number of aliphatic hydroxyl groups excluding tert-OH is 1. The van der Waals surface area contributed by atoms with Gasteiger partial charge in [0.1, 0.15) is 6.61 Å². The van der Waals surface area contributed by atoms with Crippen LogP contribution in [-0.2, 0) is 28.7 Å². The highest BCUT2D eigenvalue weighted by atomic mass is 16.5. The molecule has 0 radical (unpaired) electrons. The Morgan fingerprint density at radius 1 is 0.846 bits per heavy atom. The van der Waals surface area contributed by atoms with E-state index in [-0.39, 0.29) is 12.2 Å². The van der Waals surface area contributed by atoms with Crippen LogP contribution in [0.5, 0.6) is 0 Å². The first-order valence-corrected chi connectivity index (χ1v) is 13.4. The van der Waals surface area contributed by atoms with Crippen LogP contribution in [0.15, 0.2) is 47.6 Å². The summed E-state index contributed by atoms with van der Waals surface area (Å²) in [5, 5.41) is 25.9. The highest BCUT2D eigenvalue weighted by Gasteiger charge is 2.06. The third kappa shape index (κ3) is 27.6. The zero-order chi connectivity index (χ0) is 30.8. The summed E-state index contributed by atoms with van der Waals surface area (Å²) < 4.78 is 9.40. The largest absolute Gasteiger partial charge is 0.478 e. The number of ether oxygens (including phenoxy) is 2. The minimum Gasteiger partial charge on any atom is -0.478 e. The molecule has 0 bridgehead atoms. The fraction of sp³-hybridized carbons (Fsp3) is 0.600. The lowest BCUT2D eigenvalue weighted by Gasteiger charge is -2.11. The van der Waals surface area contributed by atoms with Crippen LogP contribution < -0.4 is 0 Å². The Bertz CT molecular complexity index is 820. The SMILES string of the molecule is C=CC(=O)OCC(C)O.CCCCC(CC)CC=C(C)C(=O)O.CCCCOC(=O)C(C)=CC=C(C)C(=O)O. The number of carboxylic acids is 2. The molecule has 2 unspecified atom stereocenters. The molecule has 0 fully saturated rings. The third-order valence-electron chi connectivity index (χ3n) is 5.25. The van der Waals surface area contributed by atoms with Crippen LogP contribution in [0.3, 0.4) is 0 Å². The first-order chi connectivity index (χ1) is 18.3. The molecule has 224 valence electrons. The molecule has 9 nitrogen and oxygen atoms in total. The van der Waals surface area contributed by atoms with Crippen LogP contribution in [0.25, 0.3) is 0 Å². The summed E-state index contributed by atoms with van der Waals surface area (Å²) in [5.74, 6) is -2.04. The Balaban J connectivity index is -0.000000518. The Kier molecular flexibility index (Phi) is 27.3. The van der Waals surface area contributed by atoms with Gasteiger partial charge in [0.2, 0.25) is 0 Å². The molecule has 0 rings (SSSR count). The molecule has 0 aliphatic rings. The predicted molar refractivity (Wildman–Crippen MR) is 153 cm³/mol. The average molecular weight is 555 g/mol. The van der Waals surface area contributed by atoms with Crippen LogP contribution in [0.4, 0.5) is 0 Å². The van der Waals surface area contributed by atoms with Gasteiger partial charge in [0.05, 0.1) is 12.7 Å². The molecule has 0 aliphatic carbocycles. The minimum absolute atomic E-state index is 0.0326. The molecular weight excluding hydrogens is 504 g/mol. The Hall–Kier alpha value is -3.20. The lowest BCUT2D eigenvalue weighted by molar-refractivity contribution is -0.140. The molecule has 0 saturated heterocycles. The van der Waals surface area contributed by atoms with Gasteiger partial charge in [0.15, 0.2) is 0 Å². The quantitative estimate of drug-likeness (QED) is 0.0900. The molecule has 0 heterocycles. The second-order valence-corrected chi connectivity index (χ2v) is 9.02. The van der Waals surface area contributed by atoms with Gasteiger partial charge in [-0.1, -0.05) is 77.7 Å². The Morgan fingerprint density at radius 3 is 1.82 bits per heavy atom. The second-order valence-electron chi connectivity index (χ2n) is 9.02. The van der Waals surface area contributed by atoms with Gasteiger partial charge in [0.25, 0.3) is 0 Å². The van der Waals surface area contributed by atoms with Crippen molar-refractivity contribution in [2.75, 3.05) is 13.2 Å². The molecule has 2 atom stereocenters. The van der Waals surface area contributed by atoms with Crippen molar-refractivity contribution in [2.24, 2.45) is 5.92 Å². The topological polar surface area (TPSA) is 147 Å². The number of aliphatic hydroxyl groups is 1. The molecule has 0 aromatic heterocycles. The van der Waals surface area contributed by atoms with Gasteiger partial charge in [-0.15, -0.1) is 0 Å². The minimum atomic E-state index is -0.997. The maximum atomic E-state index is 11.3. The molecule has 3 N–H and O–H groups in total. The molecule has 39 heavy (non-hydrogen) atoms. The van der Waals surface area contributed by atoms with Crippen molar-refractivity contribution >= 4 is 23.9 Å². The van der Waals surface area contributed by atoms with E-state index in [0.29, 0.717) is 23.7 Å². The number of carbonyl (C=O) groups is 4. The smallest absolute Gasteiger partial charge is 0.333 e. The van der Waals surface area contributed by atoms with E-state index in [9.17, 15) is 19.2 Å². The van der Waals surface area contributed by atoms with Crippen molar-refractivity contribution in [2.45, 2.75) is 99.5 Å². The zero-order valence-electron chi connectivity index (χ0n) is 24.8. The van der Waals surface area contributed by atoms with E-state index in [1.807, 2.05) is 13.0 Å². The number of esters is 2. The fourth-order valence-electron chi connectivity index (χ4n) is 2.49. The monoisotopic (exact) mass is 554 g/mol. The summed E-state index contributed by atoms with van der Waals surface area (Å²) in [7, 11) is 0. The predicted octanol–water partition coefficient (Wildman–Crippen LogP) is 6.03. The Labute approximate surface area is 234 Å². The summed E-state index contributed by atoms with van der Waals surface area (Å²) in [4.78, 5) is 42.6. The maximum Gasteiger partial charge on any atom is 0.333 e. The van der Waals surface area contributed by atoms with E-state index in [1.54, 1.807) is 13.8 Å². The van der Waals surface area contributed by atoms with Gasteiger partial charge in [-0.25, -0.2) is 19.2 Å². The van der Waals surface area contributed by atoms with Crippen LogP contribution in [0, 0.1) is 5.92 Å². The number of rotatable bonds is 16. The molecule has 0 amide bonds. The summed E-state index contributed by atoms with van der Waals surface area (Å²) in [5.41, 5.74) is 1.05. The molecule has 0 aliphatic heterocycles. The third-order valence-corrected chi connectivity index (χ3v) is 5.25. The van der Waals surface area contributed by atoms with Gasteiger partial charge in [0, 0.05) is 22.8 Å². The Morgan fingerprint density at radius 2 is 1.38 bits per heavy atom. The summed E-state index contributed by atoms with van der Waals surface area (Å²) in [6.45, 7) is 16.2. The van der Waals surface area contributed by atoms with E-state index < -0.39 is 30.0 Å². The molecule has 9 heteroatoms. The summed E-state index contributed by atoms with van der Waals surface area (Å²) in [6, 6.07) is 0. The first-order valence-electron chi connectivity index (χ1n) is 13.4. The normalized spacial score (nSPS) is 13.0. The lowest BCUT2D eigenvalue weighted by atomic mass is 9.95. The van der Waals surface area contributed by atoms with Gasteiger partial charge in [-0.3, -0.25) is 0 Å². The summed E-state index contributed by atoms with van der Waals surface area (Å²) in [6.07, 6.45) is 12.7. The average Bonchev–Trinajstić information content (AvgIpc) is 2.90. The number of carboxylic acid groups (broad SMARTS) is 2. The van der Waals surface area contributed by atoms with E-state index in [0.717, 1.165) is 31.8 Å². The van der Waals surface area contributed by atoms with Gasteiger partial charge in [-0.05, 0) is 46.5 Å². The van der Waals surface area contributed by atoms with Crippen LogP contribution in [0.1, 0.15) is 93.4 Å². The lowest BCUT2D eigenvalue weighted by Crippen LogP contribution is -2.13. The van der Waals surface area contributed by atoms with Crippen molar-refractivity contribution < 1.29 is 44.0 Å². The van der Waals surface area contributed by atoms with E-state index in [4.69, 9.17) is 20.1 Å². The molecule has 0 spiro atoms. The molecular formula is C30H50O9. The number of hydrogen-bond acceptors (Lipinski definition) is 7. The first kappa shape index (κ1) is 40.3. The van der Waals surface area contributed by atoms with Crippen molar-refractivity contribution in [3.8, 4) is 0 Å². The van der Waals surface area contributed by atoms with E-state index >= 15 is 0 Å². The van der Waals surface area contributed by atoms with Gasteiger partial charge in [-0.2, -0.15) is 0 Å². The van der Waals surface area contributed by atoms with Crippen LogP contribution in [0.2, 0.25) is 0 Å². The van der Waals surface area contributed by atoms with Crippen molar-refractivity contribution in [1.29, 1.82) is 0 Å². The zero-order valence-corrected chi connectivity index (χ0v) is 24.8. The van der Waals surface area contributed by atoms with Crippen LogP contribution >= 0.6 is 0 Å². The number of aliphatic carboxylic acids is 2. The van der Waals surface area contributed by atoms with Crippen LogP contribution in [-0.4, -0.2) is 58.5 Å². The van der Waals surface area contributed by atoms with Gasteiger partial charge >= 0.3 is 23.9 Å². The number of hydrogen-bond donors (Lipinski definition) is 3. The molecule has 0 aromatic rings. The fourth-order valence-corrected chi connectivity index (χ4v) is 2.49. The second kappa shape index (κ2) is 26.4. The van der Waals surface area contributed by atoms with Crippen molar-refractivity contribution in [3.63, 3.8) is 0 Å². The summed E-state index contributed by atoms with van der Waals surface area (Å²) >= 11 is 0. The van der Waals surface area contributed by atoms with Crippen molar-refractivity contribution in [3.05, 3.63) is 47.6 Å². The maximum absolute atomic E-state index is 11.3. The highest BCUT2D eigenvalue weighted by molar-refractivity contribution is 5.89. The molecule has 0 aromatic carbocycles. The van der Waals surface area contributed by atoms with E-state index in [2.05, 4.69) is 25.2 Å². The van der Waals surface area contributed by atoms with Gasteiger partial charge < -0.3 is 24.8 Å². The standard InChI is InChI=1S/C12H18O4.C12H22O2.C6H10O3/c1-4-5-8-16-12(15)10(3)7-6-9(2)11(13)14;1-4-6-7-11(5-2)9-8-10(3)12(13)14;1-3-6(8)9-4-5(2)7/h6-7H,4-5,8H2,1-3H3,(H,13,14);8,11H,4-7,9H2,1-3H3,(H,13,14);3,5,7H,1,4H2,2H3. The van der Waals surface area contributed by atoms with Crippen molar-refractivity contribution in [1.82, 2.24) is 0 Å². The molecule has 0 saturated carbocycles. The highest BCUT2D eigenvalue weighted by Crippen LogP contribution is 2.17. The number of unbranched alkanes of at least 4 members (excludes halogenated alkanes) is 2. The van der Waals surface area contributed by atoms with E-state index in [1.165, 1.54) is 45.3 Å². The number of carbonyl (C=O) groups excluding carboxylic acids is 2. The number of allylic oxidation sites excluding steroid dienone is 3.